The zero-order chi connectivity index (χ0) is 14.0. The second-order valence-corrected chi connectivity index (χ2v) is 5.09. The van der Waals surface area contributed by atoms with Gasteiger partial charge in [0.2, 0.25) is 0 Å². The molecule has 0 spiro atoms. The van der Waals surface area contributed by atoms with Crippen LogP contribution in [0.15, 0.2) is 24.4 Å². The average Bonchev–Trinajstić information content (AvgIpc) is 2.39. The number of hydrogen-bond donors (Lipinski definition) is 0. The van der Waals surface area contributed by atoms with Crippen LogP contribution in [0.1, 0.15) is 27.9 Å². The largest absolute Gasteiger partial charge is 0.456 e. The number of benzene rings is 1. The summed E-state index contributed by atoms with van der Waals surface area (Å²) in [5.74, 6) is 2.10. The van der Waals surface area contributed by atoms with Gasteiger partial charge in [0.1, 0.15) is 11.5 Å². The number of alkyl halides is 1. The van der Waals surface area contributed by atoms with E-state index in [1.807, 2.05) is 13.0 Å². The van der Waals surface area contributed by atoms with Gasteiger partial charge in [0.05, 0.1) is 5.88 Å². The minimum absolute atomic E-state index is 0.395. The van der Waals surface area contributed by atoms with E-state index in [0.717, 1.165) is 33.9 Å². The Balaban J connectivity index is 2.47. The number of nitrogens with zero attached hydrogens (tertiary/aromatic N) is 1. The zero-order valence-corrected chi connectivity index (χ0v) is 12.5. The normalized spacial score (nSPS) is 10.6. The first-order valence-corrected chi connectivity index (χ1v) is 6.82. The first-order valence-electron chi connectivity index (χ1n) is 6.29. The fourth-order valence-electron chi connectivity index (χ4n) is 1.95. The van der Waals surface area contributed by atoms with Gasteiger partial charge in [0, 0.05) is 23.5 Å². The van der Waals surface area contributed by atoms with Gasteiger partial charge in [0.15, 0.2) is 0 Å². The molecule has 0 aliphatic heterocycles. The molecule has 2 rings (SSSR count). The van der Waals surface area contributed by atoms with Crippen LogP contribution < -0.4 is 4.74 Å². The monoisotopic (exact) mass is 275 g/mol. The van der Waals surface area contributed by atoms with Gasteiger partial charge >= 0.3 is 0 Å². The van der Waals surface area contributed by atoms with E-state index in [-0.39, 0.29) is 0 Å². The standard InChI is InChI=1S/C16H18ClNO/c1-10-5-6-11(2)16(13(10)4)19-15-7-12(3)18-9-14(15)8-17/h5-7,9H,8H2,1-4H3. The van der Waals surface area contributed by atoms with E-state index in [1.165, 1.54) is 5.56 Å². The fraction of sp³-hybridized carbons (Fsp3) is 0.312. The molecule has 0 saturated heterocycles. The van der Waals surface area contributed by atoms with Gasteiger partial charge in [-0.2, -0.15) is 0 Å². The second kappa shape index (κ2) is 5.62. The lowest BCUT2D eigenvalue weighted by atomic mass is 10.1. The van der Waals surface area contributed by atoms with Gasteiger partial charge in [0.25, 0.3) is 0 Å². The first kappa shape index (κ1) is 13.9. The van der Waals surface area contributed by atoms with Gasteiger partial charge in [-0.15, -0.1) is 11.6 Å². The molecule has 2 aromatic rings. The number of aryl methyl sites for hydroxylation is 3. The first-order chi connectivity index (χ1) is 9.02. The van der Waals surface area contributed by atoms with Crippen LogP contribution in [-0.2, 0) is 5.88 Å². The molecule has 0 N–H and O–H groups in total. The van der Waals surface area contributed by atoms with Crippen molar-refractivity contribution >= 4 is 11.6 Å². The molecule has 2 nitrogen and oxygen atoms in total. The van der Waals surface area contributed by atoms with Crippen LogP contribution in [0, 0.1) is 27.7 Å². The lowest BCUT2D eigenvalue weighted by molar-refractivity contribution is 0.469. The molecular formula is C16H18ClNO. The lowest BCUT2D eigenvalue weighted by Crippen LogP contribution is -1.97. The number of hydrogen-bond acceptors (Lipinski definition) is 2. The third kappa shape index (κ3) is 2.90. The maximum Gasteiger partial charge on any atom is 0.135 e. The Bertz CT molecular complexity index is 608. The summed E-state index contributed by atoms with van der Waals surface area (Å²) in [4.78, 5) is 4.25. The number of aromatic nitrogens is 1. The van der Waals surface area contributed by atoms with E-state index in [0.29, 0.717) is 5.88 Å². The van der Waals surface area contributed by atoms with Crippen molar-refractivity contribution in [2.75, 3.05) is 0 Å². The molecule has 0 atom stereocenters. The van der Waals surface area contributed by atoms with Gasteiger partial charge in [-0.1, -0.05) is 12.1 Å². The predicted octanol–water partition coefficient (Wildman–Crippen LogP) is 4.85. The van der Waals surface area contributed by atoms with Crippen LogP contribution in [0.2, 0.25) is 0 Å². The molecule has 1 heterocycles. The van der Waals surface area contributed by atoms with Crippen molar-refractivity contribution in [1.29, 1.82) is 0 Å². The van der Waals surface area contributed by atoms with E-state index in [2.05, 4.69) is 37.9 Å². The number of halogens is 1. The Morgan fingerprint density at radius 2 is 1.79 bits per heavy atom. The van der Waals surface area contributed by atoms with Gasteiger partial charge in [-0.3, -0.25) is 4.98 Å². The van der Waals surface area contributed by atoms with Crippen LogP contribution >= 0.6 is 11.6 Å². The Hall–Kier alpha value is -1.54. The average molecular weight is 276 g/mol. The topological polar surface area (TPSA) is 22.1 Å². The van der Waals surface area contributed by atoms with Crippen molar-refractivity contribution in [2.24, 2.45) is 0 Å². The van der Waals surface area contributed by atoms with E-state index < -0.39 is 0 Å². The second-order valence-electron chi connectivity index (χ2n) is 4.82. The van der Waals surface area contributed by atoms with E-state index in [4.69, 9.17) is 16.3 Å². The molecule has 0 aliphatic carbocycles. The zero-order valence-electron chi connectivity index (χ0n) is 11.7. The summed E-state index contributed by atoms with van der Waals surface area (Å²) in [5.41, 5.74) is 5.34. The predicted molar refractivity (Wildman–Crippen MR) is 79.3 cm³/mol. The molecular weight excluding hydrogens is 258 g/mol. The molecule has 0 bridgehead atoms. The molecule has 3 heteroatoms. The number of rotatable bonds is 3. The molecule has 0 radical (unpaired) electrons. The van der Waals surface area contributed by atoms with E-state index >= 15 is 0 Å². The number of ether oxygens (including phenoxy) is 1. The fourth-order valence-corrected chi connectivity index (χ4v) is 2.15. The Morgan fingerprint density at radius 3 is 2.47 bits per heavy atom. The lowest BCUT2D eigenvalue weighted by Gasteiger charge is -2.15. The van der Waals surface area contributed by atoms with Crippen LogP contribution in [0.5, 0.6) is 11.5 Å². The van der Waals surface area contributed by atoms with Gasteiger partial charge in [-0.05, 0) is 44.4 Å². The molecule has 0 saturated carbocycles. The van der Waals surface area contributed by atoms with Gasteiger partial charge in [-0.25, -0.2) is 0 Å². The minimum atomic E-state index is 0.395. The highest BCUT2D eigenvalue weighted by molar-refractivity contribution is 6.17. The molecule has 1 aromatic carbocycles. The summed E-state index contributed by atoms with van der Waals surface area (Å²) >= 11 is 5.94. The van der Waals surface area contributed by atoms with Crippen molar-refractivity contribution < 1.29 is 4.74 Å². The summed E-state index contributed by atoms with van der Waals surface area (Å²) in [6.45, 7) is 8.16. The van der Waals surface area contributed by atoms with E-state index in [1.54, 1.807) is 6.20 Å². The molecule has 0 fully saturated rings. The maximum atomic E-state index is 6.10. The third-order valence-corrected chi connectivity index (χ3v) is 3.60. The summed E-state index contributed by atoms with van der Waals surface area (Å²) in [5, 5.41) is 0. The highest BCUT2D eigenvalue weighted by atomic mass is 35.5. The molecule has 100 valence electrons. The van der Waals surface area contributed by atoms with Crippen molar-refractivity contribution in [3.63, 3.8) is 0 Å². The summed E-state index contributed by atoms with van der Waals surface area (Å²) in [6, 6.07) is 6.11. The SMILES string of the molecule is Cc1cc(Oc2c(C)ccc(C)c2C)c(CCl)cn1. The van der Waals surface area contributed by atoms with Crippen LogP contribution in [0.4, 0.5) is 0 Å². The molecule has 0 amide bonds. The number of pyridine rings is 1. The van der Waals surface area contributed by atoms with E-state index in [9.17, 15) is 0 Å². The minimum Gasteiger partial charge on any atom is -0.456 e. The third-order valence-electron chi connectivity index (χ3n) is 3.31. The highest BCUT2D eigenvalue weighted by Gasteiger charge is 2.11. The van der Waals surface area contributed by atoms with Crippen molar-refractivity contribution in [1.82, 2.24) is 4.98 Å². The van der Waals surface area contributed by atoms with Crippen molar-refractivity contribution in [2.45, 2.75) is 33.6 Å². The summed E-state index contributed by atoms with van der Waals surface area (Å²) in [7, 11) is 0. The summed E-state index contributed by atoms with van der Waals surface area (Å²) in [6.07, 6.45) is 1.78. The van der Waals surface area contributed by atoms with Crippen LogP contribution in [0.3, 0.4) is 0 Å². The maximum absolute atomic E-state index is 6.10. The van der Waals surface area contributed by atoms with Crippen LogP contribution in [-0.4, -0.2) is 4.98 Å². The quantitative estimate of drug-likeness (QED) is 0.747. The molecule has 1 aromatic heterocycles. The van der Waals surface area contributed by atoms with Crippen molar-refractivity contribution in [3.05, 3.63) is 52.3 Å². The Kier molecular flexibility index (Phi) is 4.11. The smallest absolute Gasteiger partial charge is 0.135 e. The Labute approximate surface area is 119 Å². The van der Waals surface area contributed by atoms with Crippen molar-refractivity contribution in [3.8, 4) is 11.5 Å². The Morgan fingerprint density at radius 1 is 1.11 bits per heavy atom. The summed E-state index contributed by atoms with van der Waals surface area (Å²) < 4.78 is 6.10. The van der Waals surface area contributed by atoms with Gasteiger partial charge < -0.3 is 4.74 Å². The molecule has 0 aliphatic rings. The highest BCUT2D eigenvalue weighted by Crippen LogP contribution is 2.33. The molecule has 19 heavy (non-hydrogen) atoms. The molecule has 0 unspecified atom stereocenters. The van der Waals surface area contributed by atoms with Crippen LogP contribution in [0.25, 0.3) is 0 Å².